The number of nitrogens with one attached hydrogen (secondary N) is 3. The Morgan fingerprint density at radius 1 is 0.852 bits per heavy atom. The van der Waals surface area contributed by atoms with Gasteiger partial charge in [-0.1, -0.05) is 90.5 Å². The SMILES string of the molecule is CNCCC(=O)C1Cc2ccccc2/C(N(N)CCOCCOCCOCCN(C)CCC/C=C\NC(C)C(=O)NC(CC(C)=O)c2cccc(-c3c(C)cc(C)cc3C)c2)=C(/N)c2ccccc21.O=CCCN1C(=O)C=C(S)C1=O. The van der Waals surface area contributed by atoms with Crippen molar-refractivity contribution in [3.63, 3.8) is 0 Å². The number of aryl methyl sites for hydroxylation is 3. The standard InChI is InChI=1S/C56H77N7O6.C7H7NO3S/c1-39-34-40(2)53(41(3)35-39)46-18-15-17-45(37-46)51(36-42(4)64)61-56(66)43(5)60-23-13-8-14-25-62(7)26-28-67-30-32-69-33-31-68-29-27-63(58)55-47-19-10-9-16-44(47)38-50(52(65)22-24-59-6)48-20-11-12-21-49(48)54(55)57;9-3-1-2-8-6(10)4-5(12)7(8)11/h9-13,15-21,23,34-35,37,43,50-51,59-60H,8,14,22,24-33,36,38,57-58H2,1-7H3,(H,61,66);3-4,12H,1-2H2/b23-13-,55-54-;. The molecule has 1 heterocycles. The number of unbranched alkanes of at least 4 members (excludes halogenated alkanes) is 1. The van der Waals surface area contributed by atoms with E-state index in [-0.39, 0.29) is 47.7 Å². The van der Waals surface area contributed by atoms with Crippen LogP contribution in [0, 0.1) is 20.8 Å². The molecular weight excluding hydrogens is 1040 g/mol. The number of nitrogens with zero attached hydrogens (tertiary/aromatic N) is 3. The van der Waals surface area contributed by atoms with Crippen molar-refractivity contribution in [3.8, 4) is 11.1 Å². The molecule has 4 aromatic carbocycles. The van der Waals surface area contributed by atoms with Crippen LogP contribution >= 0.6 is 12.6 Å². The molecule has 18 heteroatoms. The van der Waals surface area contributed by atoms with Gasteiger partial charge >= 0.3 is 0 Å². The summed E-state index contributed by atoms with van der Waals surface area (Å²) in [5.41, 5.74) is 18.7. The molecule has 3 atom stereocenters. The van der Waals surface area contributed by atoms with Gasteiger partial charge in [-0.15, -0.1) is 12.6 Å². The largest absolute Gasteiger partial charge is 0.396 e. The molecule has 1 aliphatic carbocycles. The molecule has 0 bridgehead atoms. The third-order valence-corrected chi connectivity index (χ3v) is 14.3. The summed E-state index contributed by atoms with van der Waals surface area (Å²) in [5, 5.41) is 11.1. The Bertz CT molecular complexity index is 2850. The minimum atomic E-state index is -0.472. The van der Waals surface area contributed by atoms with Crippen molar-refractivity contribution in [2.24, 2.45) is 11.6 Å². The Kier molecular flexibility index (Phi) is 27.2. The van der Waals surface area contributed by atoms with Crippen LogP contribution in [0.4, 0.5) is 0 Å². The van der Waals surface area contributed by atoms with Gasteiger partial charge in [0.25, 0.3) is 11.8 Å². The summed E-state index contributed by atoms with van der Waals surface area (Å²) < 4.78 is 17.4. The number of nitrogens with two attached hydrogens (primary N) is 2. The van der Waals surface area contributed by atoms with E-state index in [4.69, 9.17) is 25.8 Å². The highest BCUT2D eigenvalue weighted by atomic mass is 32.1. The number of ketones is 2. The van der Waals surface area contributed by atoms with E-state index >= 15 is 0 Å². The van der Waals surface area contributed by atoms with Gasteiger partial charge < -0.3 is 50.6 Å². The maximum absolute atomic E-state index is 13.4. The minimum Gasteiger partial charge on any atom is -0.396 e. The zero-order valence-corrected chi connectivity index (χ0v) is 49.2. The molecule has 4 aromatic rings. The van der Waals surface area contributed by atoms with Crippen molar-refractivity contribution in [3.05, 3.63) is 153 Å². The molecule has 0 radical (unpaired) electrons. The van der Waals surface area contributed by atoms with Crippen molar-refractivity contribution < 1.29 is 43.0 Å². The molecule has 0 fully saturated rings. The van der Waals surface area contributed by atoms with E-state index in [1.54, 1.807) is 11.9 Å². The van der Waals surface area contributed by atoms with Crippen LogP contribution in [0.2, 0.25) is 0 Å². The number of fused-ring (bicyclic) bond motifs is 2. The van der Waals surface area contributed by atoms with Gasteiger partial charge in [-0.05, 0) is 126 Å². The lowest BCUT2D eigenvalue weighted by atomic mass is 9.80. The highest BCUT2D eigenvalue weighted by Crippen LogP contribution is 2.38. The number of carbonyl (C=O) groups excluding carboxylic acids is 6. The first-order chi connectivity index (χ1) is 38.9. The van der Waals surface area contributed by atoms with Crippen molar-refractivity contribution >= 4 is 59.6 Å². The van der Waals surface area contributed by atoms with Gasteiger partial charge in [0.1, 0.15) is 23.9 Å². The number of carbonyl (C=O) groups is 6. The number of amides is 3. The average molecular weight is 1130 g/mol. The third kappa shape index (κ3) is 20.0. The van der Waals surface area contributed by atoms with Crippen molar-refractivity contribution in [2.75, 3.05) is 86.5 Å². The van der Waals surface area contributed by atoms with E-state index in [1.807, 2.05) is 80.8 Å². The number of likely N-dealkylation sites (N-methyl/N-ethyl adjacent to an activating group) is 1. The number of hydrogen-bond donors (Lipinski definition) is 6. The second-order valence-electron chi connectivity index (χ2n) is 20.5. The first-order valence-corrected chi connectivity index (χ1v) is 28.3. The van der Waals surface area contributed by atoms with Crippen LogP contribution in [0.3, 0.4) is 0 Å². The zero-order valence-electron chi connectivity index (χ0n) is 48.3. The van der Waals surface area contributed by atoms with E-state index in [0.717, 1.165) is 76.0 Å². The highest BCUT2D eigenvalue weighted by molar-refractivity contribution is 7.85. The molecule has 0 aromatic heterocycles. The van der Waals surface area contributed by atoms with E-state index in [9.17, 15) is 28.8 Å². The van der Waals surface area contributed by atoms with Gasteiger partial charge in [0, 0.05) is 62.0 Å². The Balaban J connectivity index is 0.000000886. The Morgan fingerprint density at radius 2 is 1.51 bits per heavy atom. The minimum absolute atomic E-state index is 0.0159. The Labute approximate surface area is 484 Å². The normalized spacial score (nSPS) is 15.7. The molecule has 436 valence electrons. The number of rotatable bonds is 32. The fourth-order valence-electron chi connectivity index (χ4n) is 9.87. The predicted molar refractivity (Wildman–Crippen MR) is 322 cm³/mol. The molecule has 2 aliphatic rings. The molecular formula is C63H84N8O9S. The van der Waals surface area contributed by atoms with Gasteiger partial charge in [-0.3, -0.25) is 28.9 Å². The van der Waals surface area contributed by atoms with Crippen LogP contribution < -0.4 is 27.5 Å². The third-order valence-electron chi connectivity index (χ3n) is 14.0. The van der Waals surface area contributed by atoms with Gasteiger partial charge in [-0.25, -0.2) is 5.84 Å². The number of Topliss-reactive ketones (excluding diaryl/α,β-unsaturated/α-hetero) is 2. The Hall–Kier alpha value is -6.77. The van der Waals surface area contributed by atoms with E-state index in [1.165, 1.54) is 22.3 Å². The van der Waals surface area contributed by atoms with Gasteiger partial charge in [0.15, 0.2) is 0 Å². The summed E-state index contributed by atoms with van der Waals surface area (Å²) in [6.45, 7) is 15.4. The topological polar surface area (TPSA) is 228 Å². The van der Waals surface area contributed by atoms with Gasteiger partial charge in [0.05, 0.1) is 68.5 Å². The number of hydrogen-bond acceptors (Lipinski definition) is 16. The van der Waals surface area contributed by atoms with E-state index in [2.05, 4.69) is 91.6 Å². The molecule has 0 saturated carbocycles. The van der Waals surface area contributed by atoms with Gasteiger partial charge in [-0.2, -0.15) is 0 Å². The van der Waals surface area contributed by atoms with Crippen LogP contribution in [0.1, 0.15) is 102 Å². The summed E-state index contributed by atoms with van der Waals surface area (Å²) in [6, 6.07) is 27.5. The lowest BCUT2D eigenvalue weighted by Gasteiger charge is -2.30. The predicted octanol–water partition coefficient (Wildman–Crippen LogP) is 6.91. The fraction of sp³-hybridized carbons (Fsp3) is 0.429. The zero-order chi connectivity index (χ0) is 58.8. The molecule has 3 unspecified atom stereocenters. The smallest absolute Gasteiger partial charge is 0.267 e. The number of thiol groups is 1. The van der Waals surface area contributed by atoms with Crippen LogP contribution in [0.15, 0.2) is 108 Å². The monoisotopic (exact) mass is 1130 g/mol. The first-order valence-electron chi connectivity index (χ1n) is 27.8. The van der Waals surface area contributed by atoms with Crippen molar-refractivity contribution in [1.82, 2.24) is 30.8 Å². The number of ether oxygens (including phenoxy) is 3. The summed E-state index contributed by atoms with van der Waals surface area (Å²) in [7, 11) is 3.93. The molecule has 17 nitrogen and oxygen atoms in total. The van der Waals surface area contributed by atoms with Crippen LogP contribution in [0.5, 0.6) is 0 Å². The van der Waals surface area contributed by atoms with Crippen LogP contribution in [-0.2, 0) is 49.4 Å². The number of allylic oxidation sites excluding steroid dienone is 1. The first kappa shape index (κ1) is 65.0. The maximum atomic E-state index is 13.4. The van der Waals surface area contributed by atoms with Crippen molar-refractivity contribution in [2.45, 2.75) is 91.1 Å². The highest BCUT2D eigenvalue weighted by Gasteiger charge is 2.31. The number of imide groups is 1. The average Bonchev–Trinajstić information content (AvgIpc) is 3.75. The van der Waals surface area contributed by atoms with Crippen LogP contribution in [-0.4, -0.2) is 143 Å². The van der Waals surface area contributed by atoms with Crippen molar-refractivity contribution in [1.29, 1.82) is 0 Å². The molecule has 1 aliphatic heterocycles. The van der Waals surface area contributed by atoms with E-state index < -0.39 is 23.9 Å². The summed E-state index contributed by atoms with van der Waals surface area (Å²) in [5.74, 6) is 5.62. The molecule has 81 heavy (non-hydrogen) atoms. The number of benzene rings is 4. The summed E-state index contributed by atoms with van der Waals surface area (Å²) in [4.78, 5) is 74.4. The molecule has 0 spiro atoms. The molecule has 3 amide bonds. The number of aldehydes is 1. The maximum Gasteiger partial charge on any atom is 0.267 e. The summed E-state index contributed by atoms with van der Waals surface area (Å²) >= 11 is 3.79. The fourth-order valence-corrected chi connectivity index (χ4v) is 10.1. The number of hydrazine groups is 1. The molecule has 7 N–H and O–H groups in total. The molecule has 0 saturated heterocycles. The van der Waals surface area contributed by atoms with Crippen LogP contribution in [0.25, 0.3) is 22.5 Å². The van der Waals surface area contributed by atoms with E-state index in [0.29, 0.717) is 77.6 Å². The second-order valence-corrected chi connectivity index (χ2v) is 21.0. The Morgan fingerprint density at radius 3 is 2.16 bits per heavy atom. The summed E-state index contributed by atoms with van der Waals surface area (Å²) in [6.07, 6.45) is 8.92. The quantitative estimate of drug-likeness (QED) is 0.00730. The lowest BCUT2D eigenvalue weighted by molar-refractivity contribution is -0.137. The molecule has 6 rings (SSSR count). The van der Waals surface area contributed by atoms with Gasteiger partial charge in [0.2, 0.25) is 5.91 Å². The second kappa shape index (κ2) is 33.9. The lowest BCUT2D eigenvalue weighted by Crippen LogP contribution is -2.42.